The third-order valence-electron chi connectivity index (χ3n) is 11.0. The predicted octanol–water partition coefficient (Wildman–Crippen LogP) is 12.2. The van der Waals surface area contributed by atoms with Crippen LogP contribution in [0.2, 0.25) is 0 Å². The summed E-state index contributed by atoms with van der Waals surface area (Å²) in [6.07, 6.45) is 7.81. The predicted molar refractivity (Wildman–Crippen MR) is 208 cm³/mol. The van der Waals surface area contributed by atoms with Crippen molar-refractivity contribution in [3.63, 3.8) is 0 Å². The second-order valence-corrected chi connectivity index (χ2v) is 15.3. The molecule has 5 nitrogen and oxygen atoms in total. The van der Waals surface area contributed by atoms with Crippen LogP contribution in [0.25, 0.3) is 33.3 Å². The number of hydrogen-bond acceptors (Lipinski definition) is 3. The van der Waals surface area contributed by atoms with Crippen LogP contribution in [-0.4, -0.2) is 19.3 Å². The third kappa shape index (κ3) is 6.16. The summed E-state index contributed by atoms with van der Waals surface area (Å²) in [5.41, 5.74) is 11.0. The molecule has 0 radical (unpaired) electrons. The van der Waals surface area contributed by atoms with E-state index in [4.69, 9.17) is 14.8 Å². The number of para-hydroxylation sites is 1. The number of aryl methyl sites for hydroxylation is 2. The number of hydrogen-bond donors (Lipinski definition) is 0. The molecule has 0 amide bonds. The molecular weight excluding hydrogens is 613 g/mol. The average molecular weight is 665 g/mol. The number of rotatable bonds is 9. The molecule has 5 heteroatoms. The molecule has 6 aromatic rings. The van der Waals surface area contributed by atoms with Crippen molar-refractivity contribution >= 4 is 21.8 Å². The smallest absolute Gasteiger partial charge is 0.137 e. The molecule has 1 aliphatic carbocycles. The summed E-state index contributed by atoms with van der Waals surface area (Å²) in [7, 11) is 0. The zero-order valence-corrected chi connectivity index (χ0v) is 31.3. The quantitative estimate of drug-likeness (QED) is 0.145. The summed E-state index contributed by atoms with van der Waals surface area (Å²) < 4.78 is 11.2. The summed E-state index contributed by atoms with van der Waals surface area (Å²) in [4.78, 5) is 4.83. The molecule has 0 spiro atoms. The van der Waals surface area contributed by atoms with Crippen LogP contribution in [0.4, 0.5) is 0 Å². The van der Waals surface area contributed by atoms with Crippen molar-refractivity contribution in [2.24, 2.45) is 17.8 Å². The van der Waals surface area contributed by atoms with E-state index < -0.39 is 0 Å². The maximum Gasteiger partial charge on any atom is 0.137 e. The van der Waals surface area contributed by atoms with Gasteiger partial charge >= 0.3 is 0 Å². The first kappa shape index (κ1) is 33.8. The summed E-state index contributed by atoms with van der Waals surface area (Å²) in [5.74, 6) is 5.13. The minimum Gasteiger partial charge on any atom is -0.457 e. The SMILES string of the molecule is CCCc1ccnc(-n2c3ccccc3c3ccc(Oc4cc(C(C)C)cc(-n5nc(C)c(C6C(C)=C[C@H](C(C)C)C[C@@H]6C)c5C)c4)cc32)c1. The molecule has 3 atom stereocenters. The number of aromatic nitrogens is 4. The van der Waals surface area contributed by atoms with Crippen molar-refractivity contribution in [1.82, 2.24) is 19.3 Å². The molecule has 1 aliphatic rings. The molecular formula is C45H52N4O. The fourth-order valence-electron chi connectivity index (χ4n) is 8.40. The van der Waals surface area contributed by atoms with E-state index in [2.05, 4.69) is 150 Å². The fourth-order valence-corrected chi connectivity index (χ4v) is 8.40. The van der Waals surface area contributed by atoms with E-state index in [-0.39, 0.29) is 0 Å². The van der Waals surface area contributed by atoms with Crippen molar-refractivity contribution in [3.8, 4) is 23.0 Å². The molecule has 3 aromatic heterocycles. The molecule has 0 N–H and O–H groups in total. The molecule has 3 aromatic carbocycles. The van der Waals surface area contributed by atoms with Gasteiger partial charge in [0.2, 0.25) is 0 Å². The van der Waals surface area contributed by atoms with Gasteiger partial charge in [0, 0.05) is 46.3 Å². The molecule has 0 saturated heterocycles. The molecule has 258 valence electrons. The maximum absolute atomic E-state index is 6.77. The van der Waals surface area contributed by atoms with Crippen LogP contribution < -0.4 is 4.74 Å². The van der Waals surface area contributed by atoms with Gasteiger partial charge in [-0.15, -0.1) is 0 Å². The Morgan fingerprint density at radius 2 is 1.64 bits per heavy atom. The number of fused-ring (bicyclic) bond motifs is 3. The fraction of sp³-hybridized carbons (Fsp3) is 0.378. The Kier molecular flexibility index (Phi) is 9.19. The first-order valence-corrected chi connectivity index (χ1v) is 18.6. The number of allylic oxidation sites excluding steroid dienone is 2. The summed E-state index contributed by atoms with van der Waals surface area (Å²) in [5, 5.41) is 7.57. The number of nitrogens with zero attached hydrogens (tertiary/aromatic N) is 4. The normalized spacial score (nSPS) is 18.1. The van der Waals surface area contributed by atoms with Crippen molar-refractivity contribution in [3.05, 3.63) is 119 Å². The van der Waals surface area contributed by atoms with Crippen LogP contribution in [0.3, 0.4) is 0 Å². The highest BCUT2D eigenvalue weighted by Gasteiger charge is 2.33. The van der Waals surface area contributed by atoms with Gasteiger partial charge in [-0.05, 0) is 111 Å². The van der Waals surface area contributed by atoms with Gasteiger partial charge in [-0.2, -0.15) is 5.10 Å². The Morgan fingerprint density at radius 1 is 0.860 bits per heavy atom. The van der Waals surface area contributed by atoms with Gasteiger partial charge in [0.15, 0.2) is 0 Å². The molecule has 0 aliphatic heterocycles. The molecule has 1 unspecified atom stereocenters. The summed E-state index contributed by atoms with van der Waals surface area (Å²) in [6, 6.07) is 26.0. The Hall–Kier alpha value is -4.64. The Balaban J connectivity index is 1.29. The minimum atomic E-state index is 0.330. The van der Waals surface area contributed by atoms with Crippen LogP contribution in [0, 0.1) is 31.6 Å². The second-order valence-electron chi connectivity index (χ2n) is 15.3. The van der Waals surface area contributed by atoms with Crippen LogP contribution >= 0.6 is 0 Å². The zero-order chi connectivity index (χ0) is 35.3. The van der Waals surface area contributed by atoms with Crippen molar-refractivity contribution < 1.29 is 4.74 Å². The second kappa shape index (κ2) is 13.6. The molecule has 50 heavy (non-hydrogen) atoms. The minimum absolute atomic E-state index is 0.330. The van der Waals surface area contributed by atoms with Crippen LogP contribution in [0.15, 0.2) is 90.6 Å². The number of pyridine rings is 1. The number of benzene rings is 3. The van der Waals surface area contributed by atoms with E-state index in [0.29, 0.717) is 29.6 Å². The summed E-state index contributed by atoms with van der Waals surface area (Å²) in [6.45, 7) is 20.6. The molecule has 0 fully saturated rings. The molecule has 0 bridgehead atoms. The first-order chi connectivity index (χ1) is 24.0. The van der Waals surface area contributed by atoms with Gasteiger partial charge in [-0.25, -0.2) is 9.67 Å². The molecule has 0 saturated carbocycles. The van der Waals surface area contributed by atoms with E-state index in [1.165, 1.54) is 45.2 Å². The van der Waals surface area contributed by atoms with Crippen molar-refractivity contribution in [1.29, 1.82) is 0 Å². The Labute approximate surface area is 298 Å². The lowest BCUT2D eigenvalue weighted by Crippen LogP contribution is -2.24. The van der Waals surface area contributed by atoms with Gasteiger partial charge in [0.05, 0.1) is 22.4 Å². The first-order valence-electron chi connectivity index (χ1n) is 18.6. The lowest BCUT2D eigenvalue weighted by Gasteiger charge is -2.35. The topological polar surface area (TPSA) is 44.9 Å². The average Bonchev–Trinajstić information content (AvgIpc) is 3.57. The largest absolute Gasteiger partial charge is 0.457 e. The summed E-state index contributed by atoms with van der Waals surface area (Å²) >= 11 is 0. The van der Waals surface area contributed by atoms with Gasteiger partial charge in [-0.3, -0.25) is 4.57 Å². The third-order valence-corrected chi connectivity index (χ3v) is 11.0. The zero-order valence-electron chi connectivity index (χ0n) is 31.3. The van der Waals surface area contributed by atoms with Gasteiger partial charge in [0.25, 0.3) is 0 Å². The molecule has 3 heterocycles. The van der Waals surface area contributed by atoms with Gasteiger partial charge < -0.3 is 4.74 Å². The van der Waals surface area contributed by atoms with E-state index >= 15 is 0 Å². The van der Waals surface area contributed by atoms with Crippen molar-refractivity contribution in [2.45, 2.75) is 93.4 Å². The lowest BCUT2D eigenvalue weighted by molar-refractivity contribution is 0.317. The highest BCUT2D eigenvalue weighted by Crippen LogP contribution is 2.45. The van der Waals surface area contributed by atoms with E-state index in [1.807, 2.05) is 6.20 Å². The Bertz CT molecular complexity index is 2210. The monoisotopic (exact) mass is 664 g/mol. The van der Waals surface area contributed by atoms with Crippen LogP contribution in [0.1, 0.15) is 101 Å². The van der Waals surface area contributed by atoms with Crippen LogP contribution in [0.5, 0.6) is 11.5 Å². The Morgan fingerprint density at radius 3 is 2.38 bits per heavy atom. The maximum atomic E-state index is 6.77. The van der Waals surface area contributed by atoms with E-state index in [0.717, 1.165) is 52.6 Å². The number of ether oxygens (including phenoxy) is 1. The standard InChI is InChI=1S/C45H52N4O/c1-10-13-33-18-19-46-43(22-33)48-41-15-12-11-14-39(41)40-17-16-37(26-42(40)48)50-38-24-35(28(4)5)23-36(25-38)49-32(9)45(31(8)47-49)44-29(6)20-34(27(2)3)21-30(44)7/h11-12,14-20,22-28,30,34,44H,10,13,21H2,1-9H3/t30-,34-,44?/m0/s1. The highest BCUT2D eigenvalue weighted by molar-refractivity contribution is 6.09. The molecule has 7 rings (SSSR count). The van der Waals surface area contributed by atoms with Crippen molar-refractivity contribution in [2.75, 3.05) is 0 Å². The van der Waals surface area contributed by atoms with Crippen LogP contribution in [-0.2, 0) is 6.42 Å². The van der Waals surface area contributed by atoms with E-state index in [9.17, 15) is 0 Å². The van der Waals surface area contributed by atoms with Gasteiger partial charge in [0.1, 0.15) is 17.3 Å². The van der Waals surface area contributed by atoms with E-state index in [1.54, 1.807) is 0 Å². The van der Waals surface area contributed by atoms with Gasteiger partial charge in [-0.1, -0.05) is 77.8 Å². The highest BCUT2D eigenvalue weighted by atomic mass is 16.5. The lowest BCUT2D eigenvalue weighted by atomic mass is 9.69.